The van der Waals surface area contributed by atoms with Crippen LogP contribution in [-0.4, -0.2) is 4.98 Å². The SMILES string of the molecule is C/C=c1/cc[nH]/c1=C/C.CC#CCCCC. The summed E-state index contributed by atoms with van der Waals surface area (Å²) in [6, 6.07) is 2.06. The average molecular weight is 217 g/mol. The lowest BCUT2D eigenvalue weighted by Crippen LogP contribution is -2.20. The van der Waals surface area contributed by atoms with Gasteiger partial charge in [0.1, 0.15) is 0 Å². The predicted molar refractivity (Wildman–Crippen MR) is 73.3 cm³/mol. The molecule has 1 rings (SSSR count). The van der Waals surface area contributed by atoms with Crippen molar-refractivity contribution >= 4 is 12.2 Å². The Kier molecular flexibility index (Phi) is 9.21. The molecule has 0 spiro atoms. The molecule has 88 valence electrons. The summed E-state index contributed by atoms with van der Waals surface area (Å²) < 4.78 is 0. The van der Waals surface area contributed by atoms with Crippen molar-refractivity contribution in [1.29, 1.82) is 0 Å². The second-order valence-corrected chi connectivity index (χ2v) is 3.45. The van der Waals surface area contributed by atoms with Gasteiger partial charge in [-0.05, 0) is 38.5 Å². The maximum absolute atomic E-state index is 3.12. The molecule has 16 heavy (non-hydrogen) atoms. The molecule has 1 heterocycles. The van der Waals surface area contributed by atoms with Gasteiger partial charge in [0.25, 0.3) is 0 Å². The minimum absolute atomic E-state index is 1.08. The van der Waals surface area contributed by atoms with Crippen molar-refractivity contribution in [2.75, 3.05) is 0 Å². The van der Waals surface area contributed by atoms with Gasteiger partial charge in [0.05, 0.1) is 0 Å². The van der Waals surface area contributed by atoms with Gasteiger partial charge in [-0.3, -0.25) is 0 Å². The van der Waals surface area contributed by atoms with E-state index in [1.54, 1.807) is 0 Å². The molecule has 1 nitrogen and oxygen atoms in total. The zero-order chi connectivity index (χ0) is 12.2. The lowest BCUT2D eigenvalue weighted by molar-refractivity contribution is 0.828. The number of nitrogens with one attached hydrogen (secondary N) is 1. The summed E-state index contributed by atoms with van der Waals surface area (Å²) in [4.78, 5) is 3.12. The predicted octanol–water partition coefficient (Wildman–Crippen LogP) is 2.82. The fraction of sp³-hybridized carbons (Fsp3) is 0.467. The third-order valence-electron chi connectivity index (χ3n) is 2.24. The Morgan fingerprint density at radius 3 is 2.50 bits per heavy atom. The summed E-state index contributed by atoms with van der Waals surface area (Å²) in [5.74, 6) is 5.85. The van der Waals surface area contributed by atoms with Crippen molar-refractivity contribution in [2.45, 2.75) is 47.0 Å². The van der Waals surface area contributed by atoms with Crippen LogP contribution >= 0.6 is 0 Å². The van der Waals surface area contributed by atoms with E-state index in [2.05, 4.69) is 42.0 Å². The Hall–Kier alpha value is -1.42. The van der Waals surface area contributed by atoms with Crippen LogP contribution < -0.4 is 10.6 Å². The quantitative estimate of drug-likeness (QED) is 0.579. The summed E-state index contributed by atoms with van der Waals surface area (Å²) in [6.45, 7) is 8.13. The zero-order valence-electron chi connectivity index (χ0n) is 10.9. The first-order chi connectivity index (χ1) is 7.79. The van der Waals surface area contributed by atoms with E-state index in [1.165, 1.54) is 23.4 Å². The Balaban J connectivity index is 0.000000293. The van der Waals surface area contributed by atoms with Crippen LogP contribution in [-0.2, 0) is 0 Å². The van der Waals surface area contributed by atoms with Crippen LogP contribution in [0.4, 0.5) is 0 Å². The van der Waals surface area contributed by atoms with Crippen LogP contribution in [0.1, 0.15) is 47.0 Å². The van der Waals surface area contributed by atoms with Gasteiger partial charge in [-0.1, -0.05) is 25.5 Å². The normalized spacial score (nSPS) is 11.5. The second kappa shape index (κ2) is 10.1. The largest absolute Gasteiger partial charge is 0.361 e. The van der Waals surface area contributed by atoms with E-state index in [0.717, 1.165) is 6.42 Å². The highest BCUT2D eigenvalue weighted by Crippen LogP contribution is 1.89. The number of aromatic nitrogens is 1. The van der Waals surface area contributed by atoms with Crippen LogP contribution in [0.5, 0.6) is 0 Å². The Labute approximate surface area is 99.3 Å². The number of hydrogen-bond acceptors (Lipinski definition) is 0. The third kappa shape index (κ3) is 6.14. The molecule has 1 aromatic heterocycles. The number of rotatable bonds is 2. The van der Waals surface area contributed by atoms with Crippen molar-refractivity contribution < 1.29 is 0 Å². The van der Waals surface area contributed by atoms with Crippen molar-refractivity contribution in [3.63, 3.8) is 0 Å². The minimum atomic E-state index is 1.08. The van der Waals surface area contributed by atoms with Crippen LogP contribution in [0.15, 0.2) is 12.3 Å². The average Bonchev–Trinajstić information content (AvgIpc) is 2.78. The molecule has 0 aliphatic rings. The molecule has 0 aromatic carbocycles. The Morgan fingerprint density at radius 2 is 2.06 bits per heavy atom. The van der Waals surface area contributed by atoms with E-state index in [-0.39, 0.29) is 0 Å². The third-order valence-corrected chi connectivity index (χ3v) is 2.24. The lowest BCUT2D eigenvalue weighted by Gasteiger charge is -1.80. The van der Waals surface area contributed by atoms with E-state index in [0.29, 0.717) is 0 Å². The molecule has 1 aromatic rings. The van der Waals surface area contributed by atoms with Crippen LogP contribution in [0.3, 0.4) is 0 Å². The molecular weight excluding hydrogens is 194 g/mol. The molecule has 0 amide bonds. The molecule has 0 unspecified atom stereocenters. The molecule has 0 saturated carbocycles. The van der Waals surface area contributed by atoms with Crippen LogP contribution in [0.25, 0.3) is 12.2 Å². The minimum Gasteiger partial charge on any atom is -0.361 e. The van der Waals surface area contributed by atoms with Crippen molar-refractivity contribution in [1.82, 2.24) is 4.98 Å². The van der Waals surface area contributed by atoms with Gasteiger partial charge >= 0.3 is 0 Å². The maximum Gasteiger partial charge on any atom is 0.0407 e. The monoisotopic (exact) mass is 217 g/mol. The van der Waals surface area contributed by atoms with Gasteiger partial charge in [-0.2, -0.15) is 0 Å². The van der Waals surface area contributed by atoms with Crippen molar-refractivity contribution in [3.05, 3.63) is 22.8 Å². The van der Waals surface area contributed by atoms with Gasteiger partial charge in [-0.15, -0.1) is 11.8 Å². The second-order valence-electron chi connectivity index (χ2n) is 3.45. The standard InChI is InChI=1S/C8H11N.C7H12/c1-3-7-5-6-9-8(7)4-2;1-3-5-7-6-4-2/h3-6,9H,1-2H3;3,5,7H2,1-2H3/b7-3-,8-4+;. The Morgan fingerprint density at radius 1 is 1.31 bits per heavy atom. The number of H-pyrrole nitrogens is 1. The van der Waals surface area contributed by atoms with E-state index in [4.69, 9.17) is 0 Å². The summed E-state index contributed by atoms with van der Waals surface area (Å²) in [7, 11) is 0. The zero-order valence-corrected chi connectivity index (χ0v) is 10.9. The summed E-state index contributed by atoms with van der Waals surface area (Å²) >= 11 is 0. The topological polar surface area (TPSA) is 15.8 Å². The van der Waals surface area contributed by atoms with Crippen molar-refractivity contribution in [3.8, 4) is 11.8 Å². The smallest absolute Gasteiger partial charge is 0.0407 e. The highest BCUT2D eigenvalue weighted by molar-refractivity contribution is 5.25. The first-order valence-electron chi connectivity index (χ1n) is 5.95. The summed E-state index contributed by atoms with van der Waals surface area (Å²) in [6.07, 6.45) is 9.69. The molecule has 1 heteroatoms. The number of aromatic amines is 1. The molecule has 0 atom stereocenters. The molecule has 1 N–H and O–H groups in total. The van der Waals surface area contributed by atoms with E-state index in [1.807, 2.05) is 27.0 Å². The fourth-order valence-corrected chi connectivity index (χ4v) is 1.29. The molecule has 0 saturated heterocycles. The number of hydrogen-bond donors (Lipinski definition) is 1. The molecular formula is C15H23N. The maximum atomic E-state index is 3.12. The number of unbranched alkanes of at least 4 members (excludes halogenated alkanes) is 2. The van der Waals surface area contributed by atoms with Crippen LogP contribution in [0.2, 0.25) is 0 Å². The molecule has 0 radical (unpaired) electrons. The molecule has 0 fully saturated rings. The first kappa shape index (κ1) is 14.6. The van der Waals surface area contributed by atoms with Gasteiger partial charge in [0.15, 0.2) is 0 Å². The molecule has 0 aliphatic heterocycles. The van der Waals surface area contributed by atoms with E-state index >= 15 is 0 Å². The van der Waals surface area contributed by atoms with E-state index in [9.17, 15) is 0 Å². The first-order valence-corrected chi connectivity index (χ1v) is 5.95. The van der Waals surface area contributed by atoms with Gasteiger partial charge in [-0.25, -0.2) is 0 Å². The highest BCUT2D eigenvalue weighted by Gasteiger charge is 1.78. The molecule has 0 aliphatic carbocycles. The summed E-state index contributed by atoms with van der Waals surface area (Å²) in [5.41, 5.74) is 0. The Bertz CT molecular complexity index is 397. The highest BCUT2D eigenvalue weighted by atomic mass is 14.6. The van der Waals surface area contributed by atoms with Gasteiger partial charge < -0.3 is 4.98 Å². The molecule has 0 bridgehead atoms. The lowest BCUT2D eigenvalue weighted by atomic mass is 10.3. The van der Waals surface area contributed by atoms with Gasteiger partial charge in [0.2, 0.25) is 0 Å². The van der Waals surface area contributed by atoms with Crippen molar-refractivity contribution in [2.24, 2.45) is 0 Å². The van der Waals surface area contributed by atoms with Crippen LogP contribution in [0, 0.1) is 11.8 Å². The summed E-state index contributed by atoms with van der Waals surface area (Å²) in [5, 5.41) is 2.48. The van der Waals surface area contributed by atoms with E-state index < -0.39 is 0 Å². The fourth-order valence-electron chi connectivity index (χ4n) is 1.29. The van der Waals surface area contributed by atoms with Gasteiger partial charge in [0, 0.05) is 18.0 Å².